The summed E-state index contributed by atoms with van der Waals surface area (Å²) in [4.78, 5) is 2.39. The second-order valence-electron chi connectivity index (χ2n) is 6.59. The van der Waals surface area contributed by atoms with E-state index < -0.39 is 5.60 Å². The molecule has 1 N–H and O–H groups in total. The highest BCUT2D eigenvalue weighted by Gasteiger charge is 2.46. The van der Waals surface area contributed by atoms with Crippen molar-refractivity contribution in [2.45, 2.75) is 31.1 Å². The van der Waals surface area contributed by atoms with Gasteiger partial charge < -0.3 is 14.6 Å². The minimum absolute atomic E-state index is 0.151. The molecule has 0 amide bonds. The Balaban J connectivity index is 1.66. The fourth-order valence-electron chi connectivity index (χ4n) is 3.65. The molecule has 1 aromatic rings. The molecule has 23 heavy (non-hydrogen) atoms. The van der Waals surface area contributed by atoms with Gasteiger partial charge >= 0.3 is 0 Å². The Morgan fingerprint density at radius 1 is 1.17 bits per heavy atom. The van der Waals surface area contributed by atoms with Crippen molar-refractivity contribution in [1.29, 1.82) is 0 Å². The summed E-state index contributed by atoms with van der Waals surface area (Å²) in [6.45, 7) is 4.75. The normalized spacial score (nSPS) is 26.8. The fraction of sp³-hybridized carbons (Fsp3) is 0.667. The predicted molar refractivity (Wildman–Crippen MR) is 93.7 cm³/mol. The van der Waals surface area contributed by atoms with Gasteiger partial charge in [-0.2, -0.15) is 0 Å². The third-order valence-electron chi connectivity index (χ3n) is 5.10. The lowest BCUT2D eigenvalue weighted by Crippen LogP contribution is -2.59. The van der Waals surface area contributed by atoms with E-state index in [2.05, 4.69) is 45.1 Å². The largest absolute Gasteiger partial charge is 0.386 e. The van der Waals surface area contributed by atoms with Crippen LogP contribution in [0.4, 0.5) is 0 Å². The maximum Gasteiger partial charge on any atom is 0.105 e. The van der Waals surface area contributed by atoms with Gasteiger partial charge in [0.15, 0.2) is 0 Å². The maximum absolute atomic E-state index is 11.3. The Morgan fingerprint density at radius 2 is 1.91 bits per heavy atom. The Hall–Kier alpha value is -0.460. The highest BCUT2D eigenvalue weighted by Crippen LogP contribution is 2.35. The topological polar surface area (TPSA) is 41.9 Å². The molecule has 2 saturated heterocycles. The second-order valence-corrected chi connectivity index (χ2v) is 7.15. The predicted octanol–water partition coefficient (Wildman–Crippen LogP) is 2.44. The molecule has 5 heteroatoms. The Labute approximate surface area is 146 Å². The molecule has 0 aromatic heterocycles. The van der Waals surface area contributed by atoms with Gasteiger partial charge in [-0.15, -0.1) is 0 Å². The standard InChI is InChI=1S/C18H26BrNO3/c19-14-18(21,16-6-9-22-10-7-16)17-13-20(8-11-23-17)12-15-4-2-1-3-5-15/h1-5,16-17,21H,6-14H2. The molecule has 2 heterocycles. The SMILES string of the molecule is OC(CBr)(C1CCOCC1)C1CN(Cc2ccccc2)CCO1. The molecule has 0 radical (unpaired) electrons. The van der Waals surface area contributed by atoms with Gasteiger partial charge in [-0.3, -0.25) is 4.90 Å². The van der Waals surface area contributed by atoms with Crippen molar-refractivity contribution in [1.82, 2.24) is 4.90 Å². The van der Waals surface area contributed by atoms with E-state index in [0.717, 1.165) is 45.7 Å². The van der Waals surface area contributed by atoms with E-state index in [0.29, 0.717) is 11.9 Å². The lowest BCUT2D eigenvalue weighted by Gasteiger charge is -2.46. The highest BCUT2D eigenvalue weighted by atomic mass is 79.9. The monoisotopic (exact) mass is 383 g/mol. The number of hydrogen-bond acceptors (Lipinski definition) is 4. The molecule has 2 atom stereocenters. The Morgan fingerprint density at radius 3 is 2.61 bits per heavy atom. The number of ether oxygens (including phenoxy) is 2. The molecule has 0 aliphatic carbocycles. The lowest BCUT2D eigenvalue weighted by molar-refractivity contribution is -0.169. The van der Waals surface area contributed by atoms with Crippen LogP contribution in [0.3, 0.4) is 0 Å². The first-order valence-electron chi connectivity index (χ1n) is 8.46. The van der Waals surface area contributed by atoms with Crippen molar-refractivity contribution in [3.8, 4) is 0 Å². The molecule has 128 valence electrons. The zero-order valence-electron chi connectivity index (χ0n) is 13.5. The number of morpholine rings is 1. The first kappa shape index (κ1) is 17.4. The van der Waals surface area contributed by atoms with Crippen molar-refractivity contribution in [3.05, 3.63) is 35.9 Å². The molecule has 0 spiro atoms. The molecule has 2 aliphatic rings. The van der Waals surface area contributed by atoms with E-state index in [1.807, 2.05) is 6.07 Å². The zero-order chi connectivity index (χ0) is 16.1. The molecule has 3 rings (SSSR count). The smallest absolute Gasteiger partial charge is 0.105 e. The Kier molecular flexibility index (Phi) is 6.10. The molecule has 2 fully saturated rings. The quantitative estimate of drug-likeness (QED) is 0.792. The molecular weight excluding hydrogens is 358 g/mol. The summed E-state index contributed by atoms with van der Waals surface area (Å²) in [5.41, 5.74) is 0.487. The van der Waals surface area contributed by atoms with E-state index >= 15 is 0 Å². The van der Waals surface area contributed by atoms with Gasteiger partial charge in [0, 0.05) is 38.2 Å². The number of alkyl halides is 1. The lowest BCUT2D eigenvalue weighted by atomic mass is 9.79. The minimum atomic E-state index is -0.820. The maximum atomic E-state index is 11.3. The van der Waals surface area contributed by atoms with Crippen molar-refractivity contribution >= 4 is 15.9 Å². The van der Waals surface area contributed by atoms with Crippen LogP contribution in [-0.2, 0) is 16.0 Å². The van der Waals surface area contributed by atoms with Crippen LogP contribution in [0.25, 0.3) is 0 Å². The van der Waals surface area contributed by atoms with Gasteiger partial charge in [0.25, 0.3) is 0 Å². The fourth-order valence-corrected chi connectivity index (χ4v) is 4.46. The van der Waals surface area contributed by atoms with Crippen LogP contribution in [-0.4, -0.2) is 60.0 Å². The molecule has 2 aliphatic heterocycles. The van der Waals surface area contributed by atoms with Crippen LogP contribution in [0.2, 0.25) is 0 Å². The first-order chi connectivity index (χ1) is 11.2. The average Bonchev–Trinajstić information content (AvgIpc) is 2.63. The third-order valence-corrected chi connectivity index (χ3v) is 6.00. The molecule has 2 unspecified atom stereocenters. The van der Waals surface area contributed by atoms with Crippen molar-refractivity contribution in [2.75, 3.05) is 38.2 Å². The first-order valence-corrected chi connectivity index (χ1v) is 9.58. The van der Waals surface area contributed by atoms with E-state index in [4.69, 9.17) is 9.47 Å². The summed E-state index contributed by atoms with van der Waals surface area (Å²) in [5, 5.41) is 11.8. The van der Waals surface area contributed by atoms with Gasteiger partial charge in [0.1, 0.15) is 5.60 Å². The van der Waals surface area contributed by atoms with Gasteiger partial charge in [0.2, 0.25) is 0 Å². The van der Waals surface area contributed by atoms with Gasteiger partial charge in [0.05, 0.1) is 12.7 Å². The number of halogens is 1. The van der Waals surface area contributed by atoms with Gasteiger partial charge in [-0.25, -0.2) is 0 Å². The summed E-state index contributed by atoms with van der Waals surface area (Å²) in [6.07, 6.45) is 1.66. The molecular formula is C18H26BrNO3. The van der Waals surface area contributed by atoms with Crippen LogP contribution >= 0.6 is 15.9 Å². The molecule has 1 aromatic carbocycles. The van der Waals surface area contributed by atoms with E-state index in [1.165, 1.54) is 5.56 Å². The zero-order valence-corrected chi connectivity index (χ0v) is 15.1. The van der Waals surface area contributed by atoms with Crippen LogP contribution in [0.5, 0.6) is 0 Å². The molecule has 0 saturated carbocycles. The highest BCUT2D eigenvalue weighted by molar-refractivity contribution is 9.09. The van der Waals surface area contributed by atoms with Crippen LogP contribution in [0.1, 0.15) is 18.4 Å². The number of nitrogens with zero attached hydrogens (tertiary/aromatic N) is 1. The minimum Gasteiger partial charge on any atom is -0.386 e. The van der Waals surface area contributed by atoms with Crippen molar-refractivity contribution in [3.63, 3.8) is 0 Å². The molecule has 0 bridgehead atoms. The number of hydrogen-bond donors (Lipinski definition) is 1. The van der Waals surface area contributed by atoms with Crippen molar-refractivity contribution in [2.24, 2.45) is 5.92 Å². The number of aliphatic hydroxyl groups is 1. The summed E-state index contributed by atoms with van der Waals surface area (Å²) in [5.74, 6) is 0.234. The average molecular weight is 384 g/mol. The summed E-state index contributed by atoms with van der Waals surface area (Å²) in [7, 11) is 0. The third kappa shape index (κ3) is 4.15. The van der Waals surface area contributed by atoms with E-state index in [1.54, 1.807) is 0 Å². The van der Waals surface area contributed by atoms with E-state index in [9.17, 15) is 5.11 Å². The van der Waals surface area contributed by atoms with Gasteiger partial charge in [-0.05, 0) is 24.3 Å². The summed E-state index contributed by atoms with van der Waals surface area (Å²) < 4.78 is 11.4. The van der Waals surface area contributed by atoms with Crippen LogP contribution in [0.15, 0.2) is 30.3 Å². The number of rotatable bonds is 5. The second kappa shape index (κ2) is 8.08. The van der Waals surface area contributed by atoms with Crippen LogP contribution in [0, 0.1) is 5.92 Å². The van der Waals surface area contributed by atoms with E-state index in [-0.39, 0.29) is 12.0 Å². The van der Waals surface area contributed by atoms with Crippen LogP contribution < -0.4 is 0 Å². The van der Waals surface area contributed by atoms with Crippen molar-refractivity contribution < 1.29 is 14.6 Å². The van der Waals surface area contributed by atoms with Gasteiger partial charge in [-0.1, -0.05) is 46.3 Å². The number of benzene rings is 1. The molecule has 4 nitrogen and oxygen atoms in total. The summed E-state index contributed by atoms with van der Waals surface area (Å²) >= 11 is 3.54. The Bertz CT molecular complexity index is 480. The summed E-state index contributed by atoms with van der Waals surface area (Å²) in [6, 6.07) is 10.5.